The zero-order valence-electron chi connectivity index (χ0n) is 16.2. The fraction of sp³-hybridized carbons (Fsp3) is 0.273. The summed E-state index contributed by atoms with van der Waals surface area (Å²) in [5.74, 6) is 0.587. The van der Waals surface area contributed by atoms with Crippen molar-refractivity contribution in [3.8, 4) is 0 Å². The van der Waals surface area contributed by atoms with E-state index in [-0.39, 0.29) is 5.91 Å². The second kappa shape index (κ2) is 9.25. The SMILES string of the molecule is O=C(NCc1ccncc1)c1ccc(N2CCN(Cc3ccccc3)CC2)nn1. The van der Waals surface area contributed by atoms with Crippen LogP contribution in [0.15, 0.2) is 67.0 Å². The summed E-state index contributed by atoms with van der Waals surface area (Å²) in [6, 6.07) is 17.9. The third-order valence-electron chi connectivity index (χ3n) is 5.03. The molecule has 4 rings (SSSR count). The number of piperazine rings is 1. The second-order valence-electron chi connectivity index (χ2n) is 7.06. The Morgan fingerprint density at radius 3 is 2.31 bits per heavy atom. The fourth-order valence-electron chi connectivity index (χ4n) is 3.37. The van der Waals surface area contributed by atoms with Crippen LogP contribution in [0.5, 0.6) is 0 Å². The van der Waals surface area contributed by atoms with Gasteiger partial charge in [-0.2, -0.15) is 0 Å². The van der Waals surface area contributed by atoms with E-state index in [2.05, 4.69) is 54.6 Å². The molecule has 0 aliphatic carbocycles. The Hall–Kier alpha value is -3.32. The molecule has 29 heavy (non-hydrogen) atoms. The lowest BCUT2D eigenvalue weighted by molar-refractivity contribution is 0.0945. The van der Waals surface area contributed by atoms with Crippen LogP contribution in [0.25, 0.3) is 0 Å². The molecular formula is C22H24N6O. The summed E-state index contributed by atoms with van der Waals surface area (Å²) < 4.78 is 0. The van der Waals surface area contributed by atoms with Crippen molar-refractivity contribution in [1.82, 2.24) is 25.4 Å². The van der Waals surface area contributed by atoms with Crippen LogP contribution in [0, 0.1) is 0 Å². The third-order valence-corrected chi connectivity index (χ3v) is 5.03. The van der Waals surface area contributed by atoms with Gasteiger partial charge >= 0.3 is 0 Å². The van der Waals surface area contributed by atoms with Gasteiger partial charge in [-0.1, -0.05) is 30.3 Å². The summed E-state index contributed by atoms with van der Waals surface area (Å²) in [6.45, 7) is 5.16. The molecule has 3 aromatic rings. The summed E-state index contributed by atoms with van der Waals surface area (Å²) >= 11 is 0. The van der Waals surface area contributed by atoms with Gasteiger partial charge in [-0.3, -0.25) is 14.7 Å². The van der Waals surface area contributed by atoms with Crippen molar-refractivity contribution in [2.45, 2.75) is 13.1 Å². The average Bonchev–Trinajstić information content (AvgIpc) is 2.79. The minimum Gasteiger partial charge on any atom is -0.353 e. The first kappa shape index (κ1) is 19.0. The molecule has 1 fully saturated rings. The third kappa shape index (κ3) is 5.14. The minimum absolute atomic E-state index is 0.228. The molecule has 2 aromatic heterocycles. The van der Waals surface area contributed by atoms with Crippen LogP contribution in [-0.2, 0) is 13.1 Å². The van der Waals surface area contributed by atoms with Crippen molar-refractivity contribution in [2.24, 2.45) is 0 Å². The van der Waals surface area contributed by atoms with Gasteiger partial charge in [0.1, 0.15) is 0 Å². The molecule has 0 saturated carbocycles. The Balaban J connectivity index is 1.27. The van der Waals surface area contributed by atoms with E-state index in [0.29, 0.717) is 12.2 Å². The number of carbonyl (C=O) groups is 1. The Morgan fingerprint density at radius 2 is 1.62 bits per heavy atom. The maximum atomic E-state index is 12.3. The molecule has 7 nitrogen and oxygen atoms in total. The minimum atomic E-state index is -0.228. The molecule has 1 saturated heterocycles. The Morgan fingerprint density at radius 1 is 0.862 bits per heavy atom. The van der Waals surface area contributed by atoms with Gasteiger partial charge in [-0.05, 0) is 35.4 Å². The quantitative estimate of drug-likeness (QED) is 0.697. The molecule has 3 heterocycles. The van der Waals surface area contributed by atoms with Crippen LogP contribution in [0.3, 0.4) is 0 Å². The normalized spacial score (nSPS) is 14.6. The van der Waals surface area contributed by atoms with Crippen LogP contribution in [0.4, 0.5) is 5.82 Å². The molecule has 1 aliphatic heterocycles. The van der Waals surface area contributed by atoms with Gasteiger partial charge in [-0.25, -0.2) is 0 Å². The number of aromatic nitrogens is 3. The maximum absolute atomic E-state index is 12.3. The lowest BCUT2D eigenvalue weighted by Gasteiger charge is -2.35. The van der Waals surface area contributed by atoms with Crippen molar-refractivity contribution in [3.63, 3.8) is 0 Å². The summed E-state index contributed by atoms with van der Waals surface area (Å²) in [5, 5.41) is 11.3. The molecule has 0 spiro atoms. The lowest BCUT2D eigenvalue weighted by Crippen LogP contribution is -2.46. The highest BCUT2D eigenvalue weighted by Gasteiger charge is 2.19. The first-order chi connectivity index (χ1) is 14.3. The van der Waals surface area contributed by atoms with E-state index in [4.69, 9.17) is 0 Å². The summed E-state index contributed by atoms with van der Waals surface area (Å²) in [5.41, 5.74) is 2.65. The molecule has 1 aromatic carbocycles. The van der Waals surface area contributed by atoms with Crippen LogP contribution in [0.2, 0.25) is 0 Å². The van der Waals surface area contributed by atoms with E-state index in [1.54, 1.807) is 18.5 Å². The smallest absolute Gasteiger partial charge is 0.272 e. The lowest BCUT2D eigenvalue weighted by atomic mass is 10.2. The highest BCUT2D eigenvalue weighted by molar-refractivity contribution is 5.92. The van der Waals surface area contributed by atoms with E-state index < -0.39 is 0 Å². The average molecular weight is 388 g/mol. The number of carbonyl (C=O) groups excluding carboxylic acids is 1. The van der Waals surface area contributed by atoms with E-state index >= 15 is 0 Å². The first-order valence-corrected chi connectivity index (χ1v) is 9.80. The summed E-state index contributed by atoms with van der Waals surface area (Å²) in [6.07, 6.45) is 3.41. The van der Waals surface area contributed by atoms with Crippen molar-refractivity contribution in [3.05, 3.63) is 83.8 Å². The van der Waals surface area contributed by atoms with Crippen LogP contribution in [0.1, 0.15) is 21.6 Å². The van der Waals surface area contributed by atoms with Gasteiger partial charge < -0.3 is 10.2 Å². The maximum Gasteiger partial charge on any atom is 0.272 e. The van der Waals surface area contributed by atoms with Crippen molar-refractivity contribution in [1.29, 1.82) is 0 Å². The Bertz CT molecular complexity index is 909. The van der Waals surface area contributed by atoms with Crippen LogP contribution < -0.4 is 10.2 Å². The molecule has 0 radical (unpaired) electrons. The van der Waals surface area contributed by atoms with E-state index in [1.165, 1.54) is 5.56 Å². The first-order valence-electron chi connectivity index (χ1n) is 9.80. The molecule has 1 amide bonds. The Kier molecular flexibility index (Phi) is 6.07. The number of benzene rings is 1. The number of amides is 1. The number of nitrogens with one attached hydrogen (secondary N) is 1. The zero-order valence-corrected chi connectivity index (χ0v) is 16.2. The predicted octanol–water partition coefficient (Wildman–Crippen LogP) is 2.12. The summed E-state index contributed by atoms with van der Waals surface area (Å²) in [7, 11) is 0. The fourth-order valence-corrected chi connectivity index (χ4v) is 3.37. The number of pyridine rings is 1. The molecule has 7 heteroatoms. The number of nitrogens with zero attached hydrogens (tertiary/aromatic N) is 5. The number of anilines is 1. The summed E-state index contributed by atoms with van der Waals surface area (Å²) in [4.78, 5) is 20.9. The highest BCUT2D eigenvalue weighted by atomic mass is 16.1. The molecule has 0 bridgehead atoms. The van der Waals surface area contributed by atoms with Gasteiger partial charge in [0.25, 0.3) is 5.91 Å². The van der Waals surface area contributed by atoms with Gasteiger partial charge in [0.15, 0.2) is 11.5 Å². The number of rotatable bonds is 6. The Labute approximate surface area is 170 Å². The molecule has 148 valence electrons. The van der Waals surface area contributed by atoms with E-state index in [9.17, 15) is 4.79 Å². The van der Waals surface area contributed by atoms with E-state index in [0.717, 1.165) is 44.1 Å². The highest BCUT2D eigenvalue weighted by Crippen LogP contribution is 2.14. The predicted molar refractivity (Wildman–Crippen MR) is 111 cm³/mol. The second-order valence-corrected chi connectivity index (χ2v) is 7.06. The van der Waals surface area contributed by atoms with Crippen LogP contribution in [-0.4, -0.2) is 52.2 Å². The number of hydrogen-bond acceptors (Lipinski definition) is 6. The monoisotopic (exact) mass is 388 g/mol. The molecule has 0 atom stereocenters. The van der Waals surface area contributed by atoms with Crippen molar-refractivity contribution < 1.29 is 4.79 Å². The van der Waals surface area contributed by atoms with E-state index in [1.807, 2.05) is 24.3 Å². The molecule has 1 N–H and O–H groups in total. The van der Waals surface area contributed by atoms with Gasteiger partial charge in [0.05, 0.1) is 0 Å². The molecule has 0 unspecified atom stereocenters. The van der Waals surface area contributed by atoms with Gasteiger partial charge in [-0.15, -0.1) is 10.2 Å². The molecular weight excluding hydrogens is 364 g/mol. The molecule has 1 aliphatic rings. The zero-order chi connectivity index (χ0) is 19.9. The van der Waals surface area contributed by atoms with Crippen LogP contribution >= 0.6 is 0 Å². The van der Waals surface area contributed by atoms with Crippen molar-refractivity contribution in [2.75, 3.05) is 31.1 Å². The van der Waals surface area contributed by atoms with Crippen molar-refractivity contribution >= 4 is 11.7 Å². The standard InChI is InChI=1S/C22H24N6O/c29-22(24-16-18-8-10-23-11-9-18)20-6-7-21(26-25-20)28-14-12-27(13-15-28)17-19-4-2-1-3-5-19/h1-11H,12-17H2,(H,24,29). The largest absolute Gasteiger partial charge is 0.353 e. The topological polar surface area (TPSA) is 74.2 Å². The number of hydrogen-bond donors (Lipinski definition) is 1. The van der Waals surface area contributed by atoms with Gasteiger partial charge in [0.2, 0.25) is 0 Å². The van der Waals surface area contributed by atoms with Gasteiger partial charge in [0, 0.05) is 51.7 Å².